The molecule has 3 heteroatoms. The second-order valence-corrected chi connectivity index (χ2v) is 5.30. The lowest BCUT2D eigenvalue weighted by Gasteiger charge is -2.32. The fourth-order valence-corrected chi connectivity index (χ4v) is 1.78. The van der Waals surface area contributed by atoms with Crippen LogP contribution in [0.2, 0.25) is 0 Å². The number of hydrogen-bond donors (Lipinski definition) is 1. The van der Waals surface area contributed by atoms with Crippen molar-refractivity contribution in [3.8, 4) is 0 Å². The molecular weight excluding hydrogens is 169 g/mol. The molecule has 2 nitrogen and oxygen atoms in total. The quantitative estimate of drug-likeness (QED) is 0.725. The Morgan fingerprint density at radius 2 is 1.69 bits per heavy atom. The third-order valence-electron chi connectivity index (χ3n) is 1.57. The van der Waals surface area contributed by atoms with Crippen molar-refractivity contribution in [2.45, 2.75) is 46.6 Å². The van der Waals surface area contributed by atoms with E-state index in [0.29, 0.717) is 0 Å². The van der Waals surface area contributed by atoms with Crippen LogP contribution in [-0.4, -0.2) is 18.1 Å². The molecule has 1 amide bonds. The third kappa shape index (κ3) is 6.55. The second-order valence-electron chi connectivity index (χ2n) is 5.30. The molecule has 0 aromatic heterocycles. The molecule has 78 valence electrons. The van der Waals surface area contributed by atoms with E-state index >= 15 is 0 Å². The largest absolute Gasteiger partial charge is 0.349 e. The monoisotopic (exact) mass is 189 g/mol. The Morgan fingerprint density at radius 3 is 2.00 bits per heavy atom. The smallest absolute Gasteiger partial charge is 0.251 e. The Bertz CT molecular complexity index is 182. The highest BCUT2D eigenvalue weighted by molar-refractivity contribution is 5.77. The minimum atomic E-state index is -0.937. The van der Waals surface area contributed by atoms with E-state index in [4.69, 9.17) is 0 Å². The van der Waals surface area contributed by atoms with Crippen molar-refractivity contribution in [1.82, 2.24) is 5.32 Å². The molecule has 0 aliphatic heterocycles. The van der Waals surface area contributed by atoms with Gasteiger partial charge in [0.15, 0.2) is 6.67 Å². The van der Waals surface area contributed by atoms with Gasteiger partial charge in [0, 0.05) is 5.54 Å². The van der Waals surface area contributed by atoms with Crippen LogP contribution in [0.15, 0.2) is 0 Å². The first-order chi connectivity index (χ1) is 5.66. The first-order valence-electron chi connectivity index (χ1n) is 4.53. The summed E-state index contributed by atoms with van der Waals surface area (Å²) in [4.78, 5) is 10.8. The molecule has 0 saturated heterocycles. The highest BCUT2D eigenvalue weighted by Gasteiger charge is 2.26. The van der Waals surface area contributed by atoms with Gasteiger partial charge in [0.1, 0.15) is 0 Å². The van der Waals surface area contributed by atoms with Crippen LogP contribution in [-0.2, 0) is 4.79 Å². The number of alkyl halides is 1. The number of carbonyl (C=O) groups excluding carboxylic acids is 1. The number of hydrogen-bond acceptors (Lipinski definition) is 1. The fourth-order valence-electron chi connectivity index (χ4n) is 1.78. The van der Waals surface area contributed by atoms with Gasteiger partial charge in [0.2, 0.25) is 0 Å². The highest BCUT2D eigenvalue weighted by Crippen LogP contribution is 2.26. The molecule has 13 heavy (non-hydrogen) atoms. The van der Waals surface area contributed by atoms with Crippen molar-refractivity contribution in [3.63, 3.8) is 0 Å². The average molecular weight is 189 g/mol. The van der Waals surface area contributed by atoms with Crippen LogP contribution in [0, 0.1) is 5.41 Å². The molecule has 0 spiro atoms. The summed E-state index contributed by atoms with van der Waals surface area (Å²) in [5.74, 6) is -0.533. The zero-order valence-corrected chi connectivity index (χ0v) is 9.20. The molecule has 0 radical (unpaired) electrons. The maximum absolute atomic E-state index is 11.9. The minimum Gasteiger partial charge on any atom is -0.349 e. The van der Waals surface area contributed by atoms with Crippen LogP contribution < -0.4 is 5.32 Å². The topological polar surface area (TPSA) is 29.1 Å². The molecule has 0 unspecified atom stereocenters. The summed E-state index contributed by atoms with van der Waals surface area (Å²) in [7, 11) is 0. The summed E-state index contributed by atoms with van der Waals surface area (Å²) in [6.45, 7) is 9.16. The van der Waals surface area contributed by atoms with E-state index in [0.717, 1.165) is 6.42 Å². The van der Waals surface area contributed by atoms with Gasteiger partial charge in [-0.3, -0.25) is 4.79 Å². The number of rotatable bonds is 3. The Kier molecular flexibility index (Phi) is 3.88. The number of nitrogens with one attached hydrogen (secondary N) is 1. The van der Waals surface area contributed by atoms with Gasteiger partial charge in [-0.1, -0.05) is 20.8 Å². The molecule has 0 aromatic rings. The highest BCUT2D eigenvalue weighted by atomic mass is 19.1. The number of carbonyl (C=O) groups is 1. The molecule has 0 heterocycles. The van der Waals surface area contributed by atoms with Gasteiger partial charge >= 0.3 is 0 Å². The van der Waals surface area contributed by atoms with Crippen LogP contribution in [0.4, 0.5) is 4.39 Å². The minimum absolute atomic E-state index is 0.132. The van der Waals surface area contributed by atoms with Crippen molar-refractivity contribution < 1.29 is 9.18 Å². The first-order valence-corrected chi connectivity index (χ1v) is 4.53. The predicted molar refractivity (Wildman–Crippen MR) is 52.3 cm³/mol. The molecule has 0 fully saturated rings. The van der Waals surface area contributed by atoms with Gasteiger partial charge in [-0.2, -0.15) is 0 Å². The summed E-state index contributed by atoms with van der Waals surface area (Å²) in [5, 5.41) is 2.65. The van der Waals surface area contributed by atoms with Crippen LogP contribution >= 0.6 is 0 Å². The van der Waals surface area contributed by atoms with Crippen molar-refractivity contribution in [2.24, 2.45) is 5.41 Å². The Morgan fingerprint density at radius 1 is 1.23 bits per heavy atom. The van der Waals surface area contributed by atoms with Gasteiger partial charge in [-0.05, 0) is 25.7 Å². The van der Waals surface area contributed by atoms with Crippen LogP contribution in [0.5, 0.6) is 0 Å². The van der Waals surface area contributed by atoms with E-state index in [1.54, 1.807) is 0 Å². The molecule has 0 atom stereocenters. The van der Waals surface area contributed by atoms with Crippen LogP contribution in [0.3, 0.4) is 0 Å². The molecule has 0 aliphatic rings. The van der Waals surface area contributed by atoms with Gasteiger partial charge < -0.3 is 5.32 Å². The van der Waals surface area contributed by atoms with E-state index in [1.165, 1.54) is 0 Å². The van der Waals surface area contributed by atoms with E-state index in [9.17, 15) is 9.18 Å². The van der Waals surface area contributed by atoms with Crippen molar-refractivity contribution >= 4 is 5.91 Å². The normalized spacial score (nSPS) is 12.8. The van der Waals surface area contributed by atoms with Crippen molar-refractivity contribution in [3.05, 3.63) is 0 Å². The average Bonchev–Trinajstić information content (AvgIpc) is 1.80. The molecule has 1 N–H and O–H groups in total. The van der Waals surface area contributed by atoms with Crippen LogP contribution in [0.1, 0.15) is 41.0 Å². The standard InChI is InChI=1S/C10H20FNO/c1-9(2,3)7-10(4,5)12-8(13)6-11/h6-7H2,1-5H3,(H,12,13). The zero-order valence-electron chi connectivity index (χ0n) is 9.20. The fraction of sp³-hybridized carbons (Fsp3) is 0.900. The lowest BCUT2D eigenvalue weighted by atomic mass is 9.82. The number of amides is 1. The predicted octanol–water partition coefficient (Wildman–Crippen LogP) is 2.29. The SMILES string of the molecule is CC(C)(C)CC(C)(C)NC(=O)CF. The van der Waals surface area contributed by atoms with E-state index in [1.807, 2.05) is 13.8 Å². The summed E-state index contributed by atoms with van der Waals surface area (Å²) in [6.07, 6.45) is 0.825. The molecule has 0 bridgehead atoms. The van der Waals surface area contributed by atoms with E-state index in [2.05, 4.69) is 26.1 Å². The summed E-state index contributed by atoms with van der Waals surface area (Å²) in [6, 6.07) is 0. The summed E-state index contributed by atoms with van der Waals surface area (Å²) >= 11 is 0. The first kappa shape index (κ1) is 12.4. The number of halogens is 1. The summed E-state index contributed by atoms with van der Waals surface area (Å²) in [5.41, 5.74) is -0.200. The van der Waals surface area contributed by atoms with Gasteiger partial charge in [-0.15, -0.1) is 0 Å². The molecular formula is C10H20FNO. The van der Waals surface area contributed by atoms with Crippen LogP contribution in [0.25, 0.3) is 0 Å². The van der Waals surface area contributed by atoms with E-state index < -0.39 is 12.6 Å². The maximum atomic E-state index is 11.9. The van der Waals surface area contributed by atoms with Gasteiger partial charge in [0.05, 0.1) is 0 Å². The molecule has 0 aliphatic carbocycles. The Labute approximate surface area is 79.9 Å². The molecule has 0 aromatic carbocycles. The lowest BCUT2D eigenvalue weighted by molar-refractivity contribution is -0.123. The van der Waals surface area contributed by atoms with Gasteiger partial charge in [0.25, 0.3) is 5.91 Å². The van der Waals surface area contributed by atoms with Crippen molar-refractivity contribution in [1.29, 1.82) is 0 Å². The zero-order chi connectivity index (χ0) is 10.7. The summed E-state index contributed by atoms with van der Waals surface area (Å²) < 4.78 is 11.9. The van der Waals surface area contributed by atoms with Crippen molar-refractivity contribution in [2.75, 3.05) is 6.67 Å². The van der Waals surface area contributed by atoms with E-state index in [-0.39, 0.29) is 11.0 Å². The molecule has 0 saturated carbocycles. The Balaban J connectivity index is 4.16. The Hall–Kier alpha value is -0.600. The third-order valence-corrected chi connectivity index (χ3v) is 1.57. The van der Waals surface area contributed by atoms with Gasteiger partial charge in [-0.25, -0.2) is 4.39 Å². The maximum Gasteiger partial charge on any atom is 0.251 e. The second kappa shape index (κ2) is 4.07. The molecule has 0 rings (SSSR count). The lowest BCUT2D eigenvalue weighted by Crippen LogP contribution is -2.46.